The SMILES string of the molecule is CC(C)CS(=O)(=O)NC(CCl)Cc1ccccc1. The Hall–Kier alpha value is -0.580. The lowest BCUT2D eigenvalue weighted by Gasteiger charge is -2.17. The van der Waals surface area contributed by atoms with Crippen molar-refractivity contribution in [3.8, 4) is 0 Å². The first-order valence-corrected chi connectivity index (χ1v) is 8.21. The molecule has 0 heterocycles. The Labute approximate surface area is 115 Å². The summed E-state index contributed by atoms with van der Waals surface area (Å²) in [6, 6.07) is 9.49. The molecule has 1 N–H and O–H groups in total. The second-order valence-corrected chi connectivity index (χ2v) is 6.94. The number of benzene rings is 1. The van der Waals surface area contributed by atoms with E-state index in [1.165, 1.54) is 0 Å². The summed E-state index contributed by atoms with van der Waals surface area (Å²) >= 11 is 5.83. The third-order valence-electron chi connectivity index (χ3n) is 2.41. The first-order chi connectivity index (χ1) is 8.43. The van der Waals surface area contributed by atoms with Crippen molar-refractivity contribution < 1.29 is 8.42 Å². The molecule has 0 saturated heterocycles. The molecule has 0 radical (unpaired) electrons. The molecule has 0 spiro atoms. The molecule has 0 aliphatic carbocycles. The molecule has 0 saturated carbocycles. The van der Waals surface area contributed by atoms with E-state index < -0.39 is 10.0 Å². The van der Waals surface area contributed by atoms with E-state index in [1.54, 1.807) is 0 Å². The van der Waals surface area contributed by atoms with Crippen LogP contribution in [0, 0.1) is 5.92 Å². The van der Waals surface area contributed by atoms with Crippen LogP contribution in [0.25, 0.3) is 0 Å². The van der Waals surface area contributed by atoms with Crippen LogP contribution in [0.1, 0.15) is 19.4 Å². The fourth-order valence-electron chi connectivity index (χ4n) is 1.77. The second kappa shape index (κ2) is 7.12. The molecule has 1 aromatic rings. The van der Waals surface area contributed by atoms with E-state index in [1.807, 2.05) is 44.2 Å². The molecule has 18 heavy (non-hydrogen) atoms. The molecule has 0 fully saturated rings. The summed E-state index contributed by atoms with van der Waals surface area (Å²) in [5.74, 6) is 0.511. The lowest BCUT2D eigenvalue weighted by atomic mass is 10.1. The van der Waals surface area contributed by atoms with Gasteiger partial charge in [0.05, 0.1) is 5.75 Å². The molecule has 5 heteroatoms. The number of rotatable bonds is 7. The minimum Gasteiger partial charge on any atom is -0.212 e. The van der Waals surface area contributed by atoms with Gasteiger partial charge in [0, 0.05) is 11.9 Å². The van der Waals surface area contributed by atoms with Gasteiger partial charge in [-0.2, -0.15) is 0 Å². The summed E-state index contributed by atoms with van der Waals surface area (Å²) in [7, 11) is -3.25. The van der Waals surface area contributed by atoms with E-state index in [4.69, 9.17) is 11.6 Å². The van der Waals surface area contributed by atoms with E-state index >= 15 is 0 Å². The molecular weight excluding hydrogens is 270 g/mol. The van der Waals surface area contributed by atoms with Gasteiger partial charge in [-0.1, -0.05) is 44.2 Å². The largest absolute Gasteiger partial charge is 0.212 e. The van der Waals surface area contributed by atoms with Crippen molar-refractivity contribution in [1.29, 1.82) is 0 Å². The summed E-state index contributed by atoms with van der Waals surface area (Å²) < 4.78 is 26.3. The van der Waals surface area contributed by atoms with Gasteiger partial charge in [-0.05, 0) is 17.9 Å². The standard InChI is InChI=1S/C13H20ClNO2S/c1-11(2)10-18(16,17)15-13(9-14)8-12-6-4-3-5-7-12/h3-7,11,13,15H,8-10H2,1-2H3. The second-order valence-electron chi connectivity index (χ2n) is 4.83. The van der Waals surface area contributed by atoms with E-state index in [-0.39, 0.29) is 23.6 Å². The van der Waals surface area contributed by atoms with Gasteiger partial charge in [-0.15, -0.1) is 11.6 Å². The molecule has 3 nitrogen and oxygen atoms in total. The Balaban J connectivity index is 2.63. The summed E-state index contributed by atoms with van der Waals surface area (Å²) in [6.45, 7) is 3.76. The van der Waals surface area contributed by atoms with Crippen molar-refractivity contribution in [3.63, 3.8) is 0 Å². The normalized spacial score (nSPS) is 13.8. The number of hydrogen-bond acceptors (Lipinski definition) is 2. The van der Waals surface area contributed by atoms with Crippen LogP contribution in [0.4, 0.5) is 0 Å². The number of hydrogen-bond donors (Lipinski definition) is 1. The van der Waals surface area contributed by atoms with Crippen molar-refractivity contribution in [2.24, 2.45) is 5.92 Å². The summed E-state index contributed by atoms with van der Waals surface area (Å²) in [6.07, 6.45) is 0.613. The topological polar surface area (TPSA) is 46.2 Å². The highest BCUT2D eigenvalue weighted by atomic mass is 35.5. The van der Waals surface area contributed by atoms with Crippen molar-refractivity contribution in [1.82, 2.24) is 4.72 Å². The first kappa shape index (κ1) is 15.5. The van der Waals surface area contributed by atoms with Gasteiger partial charge < -0.3 is 0 Å². The highest BCUT2D eigenvalue weighted by Gasteiger charge is 2.18. The van der Waals surface area contributed by atoms with Crippen LogP contribution >= 0.6 is 11.6 Å². The van der Waals surface area contributed by atoms with Gasteiger partial charge in [-0.3, -0.25) is 0 Å². The first-order valence-electron chi connectivity index (χ1n) is 6.03. The van der Waals surface area contributed by atoms with Gasteiger partial charge in [0.15, 0.2) is 0 Å². The average Bonchev–Trinajstić information content (AvgIpc) is 2.27. The minimum atomic E-state index is -3.25. The van der Waals surface area contributed by atoms with Crippen LogP contribution < -0.4 is 4.72 Å². The smallest absolute Gasteiger partial charge is 0.212 e. The highest BCUT2D eigenvalue weighted by molar-refractivity contribution is 7.89. The van der Waals surface area contributed by atoms with Crippen LogP contribution in [0.3, 0.4) is 0 Å². The molecular formula is C13H20ClNO2S. The third-order valence-corrected chi connectivity index (χ3v) is 4.58. The van der Waals surface area contributed by atoms with Crippen LogP contribution in [0.2, 0.25) is 0 Å². The number of sulfonamides is 1. The van der Waals surface area contributed by atoms with Crippen LogP contribution in [0.5, 0.6) is 0 Å². The van der Waals surface area contributed by atoms with Gasteiger partial charge >= 0.3 is 0 Å². The predicted molar refractivity (Wildman–Crippen MR) is 76.4 cm³/mol. The van der Waals surface area contributed by atoms with Crippen molar-refractivity contribution in [3.05, 3.63) is 35.9 Å². The van der Waals surface area contributed by atoms with E-state index in [2.05, 4.69) is 4.72 Å². The summed E-state index contributed by atoms with van der Waals surface area (Å²) in [4.78, 5) is 0. The molecule has 1 rings (SSSR count). The maximum atomic E-state index is 11.8. The quantitative estimate of drug-likeness (QED) is 0.784. The van der Waals surface area contributed by atoms with E-state index in [9.17, 15) is 8.42 Å². The monoisotopic (exact) mass is 289 g/mol. The Morgan fingerprint density at radius 1 is 1.22 bits per heavy atom. The summed E-state index contributed by atoms with van der Waals surface area (Å²) in [5, 5.41) is 0. The fourth-order valence-corrected chi connectivity index (χ4v) is 3.69. The molecule has 0 amide bonds. The molecule has 0 aromatic heterocycles. The molecule has 102 valence electrons. The zero-order chi connectivity index (χ0) is 13.6. The maximum Gasteiger partial charge on any atom is 0.212 e. The molecule has 0 bridgehead atoms. The highest BCUT2D eigenvalue weighted by Crippen LogP contribution is 2.07. The third kappa shape index (κ3) is 5.85. The van der Waals surface area contributed by atoms with Crippen molar-refractivity contribution in [2.75, 3.05) is 11.6 Å². The minimum absolute atomic E-state index is 0.107. The van der Waals surface area contributed by atoms with Crippen molar-refractivity contribution in [2.45, 2.75) is 26.3 Å². The lowest BCUT2D eigenvalue weighted by molar-refractivity contribution is 0.549. The Kier molecular flexibility index (Phi) is 6.12. The zero-order valence-electron chi connectivity index (χ0n) is 10.8. The van der Waals surface area contributed by atoms with Gasteiger partial charge in [0.1, 0.15) is 0 Å². The van der Waals surface area contributed by atoms with E-state index in [0.717, 1.165) is 5.56 Å². The molecule has 1 atom stereocenters. The number of nitrogens with one attached hydrogen (secondary N) is 1. The van der Waals surface area contributed by atoms with Gasteiger partial charge in [0.25, 0.3) is 0 Å². The fraction of sp³-hybridized carbons (Fsp3) is 0.538. The Morgan fingerprint density at radius 3 is 2.33 bits per heavy atom. The number of halogens is 1. The van der Waals surface area contributed by atoms with Crippen LogP contribution in [0.15, 0.2) is 30.3 Å². The van der Waals surface area contributed by atoms with Crippen molar-refractivity contribution >= 4 is 21.6 Å². The lowest BCUT2D eigenvalue weighted by Crippen LogP contribution is -2.40. The average molecular weight is 290 g/mol. The molecule has 0 aliphatic rings. The molecule has 0 aliphatic heterocycles. The molecule has 1 aromatic carbocycles. The number of alkyl halides is 1. The summed E-state index contributed by atoms with van der Waals surface area (Å²) in [5.41, 5.74) is 1.08. The predicted octanol–water partition coefficient (Wildman–Crippen LogP) is 2.41. The van der Waals surface area contributed by atoms with Crippen LogP contribution in [-0.4, -0.2) is 26.1 Å². The maximum absolute atomic E-state index is 11.8. The zero-order valence-corrected chi connectivity index (χ0v) is 12.3. The Bertz CT molecular complexity index is 445. The van der Waals surface area contributed by atoms with Gasteiger partial charge in [-0.25, -0.2) is 13.1 Å². The Morgan fingerprint density at radius 2 is 1.83 bits per heavy atom. The van der Waals surface area contributed by atoms with Gasteiger partial charge in [0.2, 0.25) is 10.0 Å². The van der Waals surface area contributed by atoms with E-state index in [0.29, 0.717) is 6.42 Å². The van der Waals surface area contributed by atoms with Crippen LogP contribution in [-0.2, 0) is 16.4 Å². The molecule has 1 unspecified atom stereocenters.